The van der Waals surface area contributed by atoms with Crippen LogP contribution >= 0.6 is 0 Å². The van der Waals surface area contributed by atoms with E-state index in [1.807, 2.05) is 0 Å². The van der Waals surface area contributed by atoms with E-state index in [1.54, 1.807) is 13.0 Å². The summed E-state index contributed by atoms with van der Waals surface area (Å²) < 4.78 is 0. The minimum Gasteiger partial charge on any atom is -0.511 e. The highest BCUT2D eigenvalue weighted by molar-refractivity contribution is 5.90. The third-order valence-electron chi connectivity index (χ3n) is 1.75. The third-order valence-corrected chi connectivity index (χ3v) is 1.75. The number of carboxylic acids is 1. The number of aliphatic hydroxyl groups excluding tert-OH is 1. The van der Waals surface area contributed by atoms with Gasteiger partial charge < -0.3 is 10.2 Å². The molecule has 0 aromatic rings. The minimum absolute atomic E-state index is 0.0139. The van der Waals surface area contributed by atoms with Gasteiger partial charge in [0.05, 0.1) is 5.57 Å². The van der Waals surface area contributed by atoms with Gasteiger partial charge in [0.1, 0.15) is 5.76 Å². The van der Waals surface area contributed by atoms with Gasteiger partial charge in [0.25, 0.3) is 0 Å². The Labute approximate surface area is 64.7 Å². The second kappa shape index (κ2) is 2.78. The van der Waals surface area contributed by atoms with Gasteiger partial charge in [0.15, 0.2) is 0 Å². The summed E-state index contributed by atoms with van der Waals surface area (Å²) in [6.07, 6.45) is 3.91. The zero-order valence-electron chi connectivity index (χ0n) is 6.24. The lowest BCUT2D eigenvalue weighted by molar-refractivity contribution is -0.132. The number of hydrogen-bond donors (Lipinski definition) is 2. The quantitative estimate of drug-likeness (QED) is 0.601. The molecule has 60 valence electrons. The highest BCUT2D eigenvalue weighted by Gasteiger charge is 2.18. The summed E-state index contributed by atoms with van der Waals surface area (Å²) in [5.41, 5.74) is 0.0174. The van der Waals surface area contributed by atoms with E-state index in [4.69, 9.17) is 5.11 Å². The first kappa shape index (κ1) is 7.85. The fourth-order valence-electron chi connectivity index (χ4n) is 1.03. The Hall–Kier alpha value is -1.25. The number of carbonyl (C=O) groups is 1. The maximum atomic E-state index is 10.4. The number of carboxylic acid groups (broad SMARTS) is 1. The van der Waals surface area contributed by atoms with Crippen LogP contribution in [0, 0.1) is 5.92 Å². The van der Waals surface area contributed by atoms with Crippen LogP contribution in [0.5, 0.6) is 0 Å². The zero-order chi connectivity index (χ0) is 8.43. The van der Waals surface area contributed by atoms with E-state index in [9.17, 15) is 9.90 Å². The first-order valence-corrected chi connectivity index (χ1v) is 3.46. The predicted octanol–water partition coefficient (Wildman–Crippen LogP) is 1.48. The summed E-state index contributed by atoms with van der Waals surface area (Å²) in [5, 5.41) is 17.8. The van der Waals surface area contributed by atoms with Gasteiger partial charge in [-0.2, -0.15) is 0 Å². The van der Waals surface area contributed by atoms with E-state index in [0.717, 1.165) is 0 Å². The summed E-state index contributed by atoms with van der Waals surface area (Å²) in [5.74, 6) is -1.14. The molecule has 0 aromatic heterocycles. The fraction of sp³-hybridized carbons (Fsp3) is 0.375. The maximum absolute atomic E-state index is 10.4. The van der Waals surface area contributed by atoms with Crippen molar-refractivity contribution in [2.24, 2.45) is 5.92 Å². The molecule has 0 spiro atoms. The average Bonchev–Trinajstić information content (AvgIpc) is 1.94. The number of hydrogen-bond acceptors (Lipinski definition) is 2. The van der Waals surface area contributed by atoms with Crippen LogP contribution in [-0.2, 0) is 4.79 Å². The molecule has 3 nitrogen and oxygen atoms in total. The molecule has 0 heterocycles. The summed E-state index contributed by atoms with van der Waals surface area (Å²) >= 11 is 0. The van der Waals surface area contributed by atoms with Crippen LogP contribution in [0.1, 0.15) is 13.3 Å². The second-order valence-electron chi connectivity index (χ2n) is 2.64. The Morgan fingerprint density at radius 3 is 2.82 bits per heavy atom. The Morgan fingerprint density at radius 2 is 2.36 bits per heavy atom. The van der Waals surface area contributed by atoms with Crippen molar-refractivity contribution in [2.45, 2.75) is 13.3 Å². The molecule has 0 fully saturated rings. The normalized spacial score (nSPS) is 23.9. The average molecular weight is 154 g/mol. The Kier molecular flexibility index (Phi) is 1.98. The highest BCUT2D eigenvalue weighted by atomic mass is 16.4. The van der Waals surface area contributed by atoms with Gasteiger partial charge in [-0.25, -0.2) is 4.79 Å². The lowest BCUT2D eigenvalue weighted by Crippen LogP contribution is -2.11. The third kappa shape index (κ3) is 1.42. The second-order valence-corrected chi connectivity index (χ2v) is 2.64. The predicted molar refractivity (Wildman–Crippen MR) is 40.2 cm³/mol. The van der Waals surface area contributed by atoms with E-state index in [-0.39, 0.29) is 17.3 Å². The van der Waals surface area contributed by atoms with Crippen molar-refractivity contribution >= 4 is 5.97 Å². The van der Waals surface area contributed by atoms with Crippen LogP contribution in [0.25, 0.3) is 0 Å². The summed E-state index contributed by atoms with van der Waals surface area (Å²) in [4.78, 5) is 10.4. The van der Waals surface area contributed by atoms with Crippen LogP contribution in [0.4, 0.5) is 0 Å². The van der Waals surface area contributed by atoms with Gasteiger partial charge in [0.2, 0.25) is 0 Å². The SMILES string of the molecule is CC1CC=CC(C(=O)O)=C1O. The van der Waals surface area contributed by atoms with Crippen molar-refractivity contribution in [1.82, 2.24) is 0 Å². The molecule has 1 unspecified atom stereocenters. The van der Waals surface area contributed by atoms with Crippen molar-refractivity contribution in [3.63, 3.8) is 0 Å². The lowest BCUT2D eigenvalue weighted by Gasteiger charge is -2.13. The highest BCUT2D eigenvalue weighted by Crippen LogP contribution is 2.22. The molecule has 0 radical (unpaired) electrons. The first-order valence-electron chi connectivity index (χ1n) is 3.46. The molecular formula is C8H10O3. The molecule has 1 rings (SSSR count). The van der Waals surface area contributed by atoms with Crippen molar-refractivity contribution in [1.29, 1.82) is 0 Å². The van der Waals surface area contributed by atoms with E-state index in [0.29, 0.717) is 6.42 Å². The van der Waals surface area contributed by atoms with Crippen LogP contribution in [0.2, 0.25) is 0 Å². The molecule has 0 saturated carbocycles. The van der Waals surface area contributed by atoms with E-state index in [1.165, 1.54) is 6.08 Å². The lowest BCUT2D eigenvalue weighted by atomic mass is 9.96. The minimum atomic E-state index is -1.06. The standard InChI is InChI=1S/C8H10O3/c1-5-3-2-4-6(7(5)9)8(10)11/h2,4-5,9H,3H2,1H3,(H,10,11). The molecular weight excluding hydrogens is 144 g/mol. The molecule has 2 N–H and O–H groups in total. The summed E-state index contributed by atoms with van der Waals surface area (Å²) in [6, 6.07) is 0. The van der Waals surface area contributed by atoms with E-state index >= 15 is 0 Å². The van der Waals surface area contributed by atoms with Gasteiger partial charge in [-0.05, 0) is 12.5 Å². The molecule has 3 heteroatoms. The van der Waals surface area contributed by atoms with E-state index in [2.05, 4.69) is 0 Å². The van der Waals surface area contributed by atoms with Crippen LogP contribution in [0.15, 0.2) is 23.5 Å². The molecule has 0 aromatic carbocycles. The van der Waals surface area contributed by atoms with E-state index < -0.39 is 5.97 Å². The van der Waals surface area contributed by atoms with Gasteiger partial charge in [-0.1, -0.05) is 13.0 Å². The van der Waals surface area contributed by atoms with Gasteiger partial charge in [-0.3, -0.25) is 0 Å². The van der Waals surface area contributed by atoms with Gasteiger partial charge in [0, 0.05) is 5.92 Å². The zero-order valence-corrected chi connectivity index (χ0v) is 6.24. The Morgan fingerprint density at radius 1 is 1.73 bits per heavy atom. The van der Waals surface area contributed by atoms with Crippen molar-refractivity contribution < 1.29 is 15.0 Å². The molecule has 1 aliphatic rings. The fourth-order valence-corrected chi connectivity index (χ4v) is 1.03. The van der Waals surface area contributed by atoms with Crippen molar-refractivity contribution in [2.75, 3.05) is 0 Å². The molecule has 1 atom stereocenters. The van der Waals surface area contributed by atoms with Crippen LogP contribution in [-0.4, -0.2) is 16.2 Å². The smallest absolute Gasteiger partial charge is 0.339 e. The molecule has 0 bridgehead atoms. The molecule has 0 aliphatic heterocycles. The largest absolute Gasteiger partial charge is 0.511 e. The van der Waals surface area contributed by atoms with Crippen LogP contribution in [0.3, 0.4) is 0 Å². The molecule has 0 amide bonds. The van der Waals surface area contributed by atoms with Gasteiger partial charge in [-0.15, -0.1) is 0 Å². The topological polar surface area (TPSA) is 57.5 Å². The number of allylic oxidation sites excluding steroid dienone is 2. The molecule has 1 aliphatic carbocycles. The van der Waals surface area contributed by atoms with Crippen molar-refractivity contribution in [3.05, 3.63) is 23.5 Å². The monoisotopic (exact) mass is 154 g/mol. The maximum Gasteiger partial charge on any atom is 0.339 e. The van der Waals surface area contributed by atoms with Crippen LogP contribution < -0.4 is 0 Å². The number of aliphatic hydroxyl groups is 1. The van der Waals surface area contributed by atoms with Crippen molar-refractivity contribution in [3.8, 4) is 0 Å². The molecule has 11 heavy (non-hydrogen) atoms. The summed E-state index contributed by atoms with van der Waals surface area (Å²) in [7, 11) is 0. The molecule has 0 saturated heterocycles. The first-order chi connectivity index (χ1) is 5.13. The summed E-state index contributed by atoms with van der Waals surface area (Å²) in [6.45, 7) is 1.79. The van der Waals surface area contributed by atoms with Gasteiger partial charge >= 0.3 is 5.97 Å². The number of aliphatic carboxylic acids is 1. The Balaban J connectivity index is 2.98. The number of rotatable bonds is 1. The Bertz CT molecular complexity index is 238.